The van der Waals surface area contributed by atoms with Crippen molar-refractivity contribution in [1.29, 1.82) is 0 Å². The molecule has 26 heavy (non-hydrogen) atoms. The molecule has 0 aliphatic heterocycles. The predicted octanol–water partition coefficient (Wildman–Crippen LogP) is 5.53. The maximum Gasteiger partial charge on any atom is 0.223 e. The number of nitrogens with one attached hydrogen (secondary N) is 1. The standard InChI is InChI=1S/C17H26N2O3.2C2H6/c1-7-9-21-16(19-13(4)20)10-12(3)17(5,6)14-11-18-15(8-2)22-14;2*1-2/h10-11H,3,7-9H2,1-2,4-6H3,(H,19,20);2*1-2H3/b16-10-;;. The molecule has 5 heteroatoms. The van der Waals surface area contributed by atoms with Gasteiger partial charge in [-0.25, -0.2) is 4.98 Å². The second-order valence-electron chi connectivity index (χ2n) is 5.66. The zero-order chi connectivity index (χ0) is 20.8. The van der Waals surface area contributed by atoms with Crippen molar-refractivity contribution < 1.29 is 13.9 Å². The van der Waals surface area contributed by atoms with Gasteiger partial charge in [-0.15, -0.1) is 0 Å². The molecule has 1 amide bonds. The Morgan fingerprint density at radius 1 is 1.31 bits per heavy atom. The van der Waals surface area contributed by atoms with Crippen LogP contribution in [-0.2, 0) is 21.4 Å². The first kappa shape index (κ1) is 26.2. The smallest absolute Gasteiger partial charge is 0.223 e. The van der Waals surface area contributed by atoms with Gasteiger partial charge >= 0.3 is 0 Å². The normalized spacial score (nSPS) is 10.7. The van der Waals surface area contributed by atoms with Crippen LogP contribution in [0, 0.1) is 0 Å². The number of rotatable bonds is 8. The summed E-state index contributed by atoms with van der Waals surface area (Å²) < 4.78 is 11.3. The Morgan fingerprint density at radius 2 is 1.88 bits per heavy atom. The van der Waals surface area contributed by atoms with E-state index in [2.05, 4.69) is 16.9 Å². The quantitative estimate of drug-likeness (QED) is 0.485. The summed E-state index contributed by atoms with van der Waals surface area (Å²) in [5, 5.41) is 2.68. The fraction of sp³-hybridized carbons (Fsp3) is 0.619. The van der Waals surface area contributed by atoms with E-state index >= 15 is 0 Å². The first-order valence-electron chi connectivity index (χ1n) is 9.57. The number of aryl methyl sites for hydroxylation is 1. The highest BCUT2D eigenvalue weighted by molar-refractivity contribution is 5.74. The Bertz CT molecular complexity index is 557. The molecule has 1 aromatic heterocycles. The van der Waals surface area contributed by atoms with Crippen LogP contribution in [0.2, 0.25) is 0 Å². The average molecular weight is 367 g/mol. The van der Waals surface area contributed by atoms with E-state index in [9.17, 15) is 4.79 Å². The minimum Gasteiger partial charge on any atom is -0.479 e. The Kier molecular flexibility index (Phi) is 14.3. The Hall–Kier alpha value is -2.04. The van der Waals surface area contributed by atoms with Crippen molar-refractivity contribution in [2.45, 2.75) is 80.6 Å². The van der Waals surface area contributed by atoms with Crippen LogP contribution in [0.15, 0.2) is 34.7 Å². The molecule has 1 heterocycles. The third-order valence-electron chi connectivity index (χ3n) is 3.34. The summed E-state index contributed by atoms with van der Waals surface area (Å²) in [5.74, 6) is 1.66. The van der Waals surface area contributed by atoms with Gasteiger partial charge in [-0.05, 0) is 25.8 Å². The molecule has 0 saturated carbocycles. The number of carbonyl (C=O) groups excluding carboxylic acids is 1. The lowest BCUT2D eigenvalue weighted by Gasteiger charge is -2.23. The number of nitrogens with zero attached hydrogens (tertiary/aromatic N) is 1. The van der Waals surface area contributed by atoms with Crippen molar-refractivity contribution in [2.24, 2.45) is 0 Å². The molecule has 0 spiro atoms. The SMILES string of the molecule is C=C(/C=C(/NC(C)=O)OCCC)C(C)(C)c1cnc(CC)o1.CC.CC. The molecule has 0 atom stereocenters. The minimum absolute atomic E-state index is 0.180. The third kappa shape index (κ3) is 8.88. The number of hydrogen-bond acceptors (Lipinski definition) is 4. The van der Waals surface area contributed by atoms with E-state index in [0.29, 0.717) is 18.4 Å². The maximum absolute atomic E-state index is 11.3. The van der Waals surface area contributed by atoms with Crippen LogP contribution in [0.1, 0.15) is 80.4 Å². The number of ether oxygens (including phenoxy) is 1. The summed E-state index contributed by atoms with van der Waals surface area (Å²) in [6, 6.07) is 0. The molecule has 0 unspecified atom stereocenters. The molecule has 1 aromatic rings. The van der Waals surface area contributed by atoms with Crippen LogP contribution in [0.5, 0.6) is 0 Å². The van der Waals surface area contributed by atoms with Gasteiger partial charge in [0.2, 0.25) is 5.91 Å². The van der Waals surface area contributed by atoms with Gasteiger partial charge in [-0.1, -0.05) is 48.1 Å². The topological polar surface area (TPSA) is 64.4 Å². The molecule has 150 valence electrons. The van der Waals surface area contributed by atoms with Gasteiger partial charge in [0, 0.05) is 24.8 Å². The molecule has 1 N–H and O–H groups in total. The Morgan fingerprint density at radius 3 is 2.31 bits per heavy atom. The monoisotopic (exact) mass is 366 g/mol. The van der Waals surface area contributed by atoms with Crippen LogP contribution in [0.25, 0.3) is 0 Å². The van der Waals surface area contributed by atoms with E-state index in [-0.39, 0.29) is 5.91 Å². The second kappa shape index (κ2) is 14.2. The number of allylic oxidation sites excluding steroid dienone is 2. The number of amides is 1. The van der Waals surface area contributed by atoms with Crippen molar-refractivity contribution in [1.82, 2.24) is 10.3 Å². The first-order chi connectivity index (χ1) is 12.3. The van der Waals surface area contributed by atoms with Gasteiger partial charge in [0.15, 0.2) is 11.8 Å². The van der Waals surface area contributed by atoms with E-state index in [1.54, 1.807) is 12.3 Å². The summed E-state index contributed by atoms with van der Waals surface area (Å²) >= 11 is 0. The van der Waals surface area contributed by atoms with E-state index < -0.39 is 5.41 Å². The van der Waals surface area contributed by atoms with E-state index in [1.807, 2.05) is 55.4 Å². The molecule has 5 nitrogen and oxygen atoms in total. The molecule has 0 fully saturated rings. The molecule has 1 rings (SSSR count). The van der Waals surface area contributed by atoms with Gasteiger partial charge in [0.25, 0.3) is 0 Å². The van der Waals surface area contributed by atoms with E-state index in [4.69, 9.17) is 9.15 Å². The number of aromatic nitrogens is 1. The summed E-state index contributed by atoms with van der Waals surface area (Å²) in [7, 11) is 0. The molecule has 0 aliphatic rings. The molecule has 0 bridgehead atoms. The lowest BCUT2D eigenvalue weighted by Crippen LogP contribution is -2.24. The molecule has 0 aromatic carbocycles. The number of carbonyl (C=O) groups is 1. The van der Waals surface area contributed by atoms with Crippen LogP contribution in [0.4, 0.5) is 0 Å². The maximum atomic E-state index is 11.3. The zero-order valence-corrected chi connectivity index (χ0v) is 18.2. The molecule has 0 saturated heterocycles. The zero-order valence-electron chi connectivity index (χ0n) is 18.2. The van der Waals surface area contributed by atoms with Crippen LogP contribution < -0.4 is 5.32 Å². The molecular weight excluding hydrogens is 328 g/mol. The fourth-order valence-corrected chi connectivity index (χ4v) is 1.76. The van der Waals surface area contributed by atoms with Crippen LogP contribution in [0.3, 0.4) is 0 Å². The van der Waals surface area contributed by atoms with Crippen molar-refractivity contribution in [3.05, 3.63) is 42.0 Å². The van der Waals surface area contributed by atoms with Crippen molar-refractivity contribution in [3.63, 3.8) is 0 Å². The van der Waals surface area contributed by atoms with E-state index in [1.165, 1.54) is 6.92 Å². The second-order valence-corrected chi connectivity index (χ2v) is 5.66. The van der Waals surface area contributed by atoms with Crippen LogP contribution >= 0.6 is 0 Å². The lowest BCUT2D eigenvalue weighted by atomic mass is 9.83. The highest BCUT2D eigenvalue weighted by atomic mass is 16.5. The summed E-state index contributed by atoms with van der Waals surface area (Å²) in [5.41, 5.74) is 0.325. The Balaban J connectivity index is 0. The molecule has 0 aliphatic carbocycles. The predicted molar refractivity (Wildman–Crippen MR) is 109 cm³/mol. The first-order valence-corrected chi connectivity index (χ1v) is 9.57. The summed E-state index contributed by atoms with van der Waals surface area (Å²) in [6.07, 6.45) is 5.07. The van der Waals surface area contributed by atoms with Gasteiger partial charge < -0.3 is 9.15 Å². The summed E-state index contributed by atoms with van der Waals surface area (Å²) in [6.45, 7) is 22.1. The fourth-order valence-electron chi connectivity index (χ4n) is 1.76. The summed E-state index contributed by atoms with van der Waals surface area (Å²) in [4.78, 5) is 15.5. The lowest BCUT2D eigenvalue weighted by molar-refractivity contribution is -0.119. The van der Waals surface area contributed by atoms with Gasteiger partial charge in [-0.3, -0.25) is 10.1 Å². The van der Waals surface area contributed by atoms with Gasteiger partial charge in [0.05, 0.1) is 12.8 Å². The highest BCUT2D eigenvalue weighted by Crippen LogP contribution is 2.32. The molecular formula is C21H38N2O3. The Labute approximate surface area is 159 Å². The highest BCUT2D eigenvalue weighted by Gasteiger charge is 2.28. The largest absolute Gasteiger partial charge is 0.479 e. The van der Waals surface area contributed by atoms with Gasteiger partial charge in [-0.2, -0.15) is 0 Å². The number of hydrogen-bond donors (Lipinski definition) is 1. The minimum atomic E-state index is -0.445. The van der Waals surface area contributed by atoms with Crippen molar-refractivity contribution >= 4 is 5.91 Å². The average Bonchev–Trinajstić information content (AvgIpc) is 3.12. The number of oxazole rings is 1. The van der Waals surface area contributed by atoms with Crippen LogP contribution in [-0.4, -0.2) is 17.5 Å². The van der Waals surface area contributed by atoms with Crippen molar-refractivity contribution in [3.8, 4) is 0 Å². The van der Waals surface area contributed by atoms with Gasteiger partial charge in [0.1, 0.15) is 5.76 Å². The molecule has 0 radical (unpaired) electrons. The third-order valence-corrected chi connectivity index (χ3v) is 3.34. The van der Waals surface area contributed by atoms with E-state index in [0.717, 1.165) is 24.2 Å². The van der Waals surface area contributed by atoms with Crippen molar-refractivity contribution in [2.75, 3.05) is 6.61 Å².